The first kappa shape index (κ1) is 19.7. The van der Waals surface area contributed by atoms with Crippen LogP contribution in [0.1, 0.15) is 5.56 Å². The van der Waals surface area contributed by atoms with Gasteiger partial charge in [-0.3, -0.25) is 0 Å². The molecule has 0 unspecified atom stereocenters. The summed E-state index contributed by atoms with van der Waals surface area (Å²) in [5.74, 6) is 1.33. The molecule has 0 saturated heterocycles. The summed E-state index contributed by atoms with van der Waals surface area (Å²) in [6, 6.07) is 12.2. The van der Waals surface area contributed by atoms with Gasteiger partial charge < -0.3 is 19.6 Å². The molecule has 2 N–H and O–H groups in total. The van der Waals surface area contributed by atoms with E-state index in [4.69, 9.17) is 9.26 Å². The van der Waals surface area contributed by atoms with Crippen LogP contribution in [-0.4, -0.2) is 38.7 Å². The number of benzene rings is 2. The molecule has 3 aromatic heterocycles. The average molecular weight is 430 g/mol. The van der Waals surface area contributed by atoms with Crippen LogP contribution < -0.4 is 10.1 Å². The van der Waals surface area contributed by atoms with Crippen molar-refractivity contribution in [2.75, 3.05) is 19.0 Å². The second-order valence-electron chi connectivity index (χ2n) is 7.09. The first-order valence-corrected chi connectivity index (χ1v) is 10.00. The number of nitrogens with zero attached hydrogens (tertiary/aromatic N) is 4. The number of ether oxygens (including phenoxy) is 1. The summed E-state index contributed by atoms with van der Waals surface area (Å²) in [6.07, 6.45) is 5.77. The van der Waals surface area contributed by atoms with Crippen LogP contribution in [0.3, 0.4) is 0 Å². The van der Waals surface area contributed by atoms with Crippen molar-refractivity contribution in [3.8, 4) is 28.6 Å². The predicted molar refractivity (Wildman–Crippen MR) is 118 cm³/mol. The number of hydrogen-bond acceptors (Lipinski definition) is 7. The lowest BCUT2D eigenvalue weighted by Crippen LogP contribution is -2.07. The van der Waals surface area contributed by atoms with Gasteiger partial charge in [-0.1, -0.05) is 17.3 Å². The van der Waals surface area contributed by atoms with E-state index in [0.29, 0.717) is 17.9 Å². The SMILES string of the molecule is COc1ccc2[nH]cc(CCNc3ncncc3-c3nc(-c4ccccc4F)no3)c2c1. The highest BCUT2D eigenvalue weighted by Gasteiger charge is 2.17. The molecular weight excluding hydrogens is 411 g/mol. The molecule has 160 valence electrons. The van der Waals surface area contributed by atoms with Gasteiger partial charge in [-0.15, -0.1) is 0 Å². The van der Waals surface area contributed by atoms with Crippen molar-refractivity contribution in [3.63, 3.8) is 0 Å². The number of H-pyrrole nitrogens is 1. The lowest BCUT2D eigenvalue weighted by atomic mass is 10.1. The van der Waals surface area contributed by atoms with Crippen molar-refractivity contribution in [1.82, 2.24) is 25.1 Å². The van der Waals surface area contributed by atoms with Gasteiger partial charge in [0.15, 0.2) is 0 Å². The van der Waals surface area contributed by atoms with Crippen LogP contribution in [0, 0.1) is 5.82 Å². The summed E-state index contributed by atoms with van der Waals surface area (Å²) >= 11 is 0. The van der Waals surface area contributed by atoms with Gasteiger partial charge in [0.25, 0.3) is 5.89 Å². The molecule has 0 radical (unpaired) electrons. The largest absolute Gasteiger partial charge is 0.497 e. The fourth-order valence-electron chi connectivity index (χ4n) is 3.52. The maximum absolute atomic E-state index is 14.1. The Hall–Kier alpha value is -4.27. The molecule has 0 saturated carbocycles. The fraction of sp³-hybridized carbons (Fsp3) is 0.130. The summed E-state index contributed by atoms with van der Waals surface area (Å²) in [5.41, 5.74) is 3.02. The second-order valence-corrected chi connectivity index (χ2v) is 7.09. The van der Waals surface area contributed by atoms with Crippen LogP contribution >= 0.6 is 0 Å². The van der Waals surface area contributed by atoms with Crippen LogP contribution in [-0.2, 0) is 6.42 Å². The van der Waals surface area contributed by atoms with Crippen molar-refractivity contribution < 1.29 is 13.7 Å². The summed E-state index contributed by atoms with van der Waals surface area (Å²) in [7, 11) is 1.65. The number of nitrogens with one attached hydrogen (secondary N) is 2. The molecule has 5 rings (SSSR count). The summed E-state index contributed by atoms with van der Waals surface area (Å²) < 4.78 is 24.8. The third-order valence-electron chi connectivity index (χ3n) is 5.14. The summed E-state index contributed by atoms with van der Waals surface area (Å²) in [4.78, 5) is 16.0. The van der Waals surface area contributed by atoms with Crippen molar-refractivity contribution in [2.24, 2.45) is 0 Å². The minimum Gasteiger partial charge on any atom is -0.497 e. The van der Waals surface area contributed by atoms with E-state index >= 15 is 0 Å². The van der Waals surface area contributed by atoms with Crippen LogP contribution in [0.4, 0.5) is 10.2 Å². The third-order valence-corrected chi connectivity index (χ3v) is 5.14. The lowest BCUT2D eigenvalue weighted by Gasteiger charge is -2.08. The molecule has 0 aliphatic rings. The van der Waals surface area contributed by atoms with Gasteiger partial charge in [-0.25, -0.2) is 14.4 Å². The zero-order valence-corrected chi connectivity index (χ0v) is 17.2. The molecule has 0 aliphatic carbocycles. The Kier molecular flexibility index (Phi) is 5.20. The van der Waals surface area contributed by atoms with Gasteiger partial charge in [0, 0.05) is 29.8 Å². The van der Waals surface area contributed by atoms with Crippen molar-refractivity contribution in [3.05, 3.63) is 72.6 Å². The first-order chi connectivity index (χ1) is 15.7. The minimum absolute atomic E-state index is 0.167. The van der Waals surface area contributed by atoms with E-state index in [1.165, 1.54) is 12.4 Å². The van der Waals surface area contributed by atoms with E-state index in [9.17, 15) is 4.39 Å². The molecule has 2 aromatic carbocycles. The van der Waals surface area contributed by atoms with E-state index < -0.39 is 5.82 Å². The Balaban J connectivity index is 1.34. The van der Waals surface area contributed by atoms with Gasteiger partial charge in [-0.2, -0.15) is 4.98 Å². The molecule has 0 fully saturated rings. The number of methoxy groups -OCH3 is 1. The zero-order chi connectivity index (χ0) is 21.9. The molecule has 0 spiro atoms. The molecule has 0 bridgehead atoms. The van der Waals surface area contributed by atoms with Crippen LogP contribution in [0.2, 0.25) is 0 Å². The van der Waals surface area contributed by atoms with E-state index in [-0.39, 0.29) is 17.3 Å². The molecule has 8 nitrogen and oxygen atoms in total. The van der Waals surface area contributed by atoms with Crippen LogP contribution in [0.15, 0.2) is 65.7 Å². The standard InChI is InChI=1S/C23H19FN6O2/c1-31-15-6-7-20-17(10-15)14(11-27-20)8-9-26-21-18(12-25-13-28-21)23-29-22(30-32-23)16-4-2-3-5-19(16)24/h2-7,10-13,27H,8-9H2,1H3,(H,25,26,28). The molecular formula is C23H19FN6O2. The smallest absolute Gasteiger partial charge is 0.263 e. The summed E-state index contributed by atoms with van der Waals surface area (Å²) in [6.45, 7) is 0.614. The Morgan fingerprint density at radius 1 is 1.16 bits per heavy atom. The number of aromatic amines is 1. The Bertz CT molecular complexity index is 1380. The van der Waals surface area contributed by atoms with Gasteiger partial charge in [-0.05, 0) is 42.3 Å². The number of halogens is 1. The lowest BCUT2D eigenvalue weighted by molar-refractivity contribution is 0.415. The molecule has 0 amide bonds. The number of anilines is 1. The van der Waals surface area contributed by atoms with E-state index in [1.54, 1.807) is 31.5 Å². The first-order valence-electron chi connectivity index (χ1n) is 10.00. The number of hydrogen-bond donors (Lipinski definition) is 2. The van der Waals surface area contributed by atoms with Crippen LogP contribution in [0.25, 0.3) is 33.7 Å². The number of fused-ring (bicyclic) bond motifs is 1. The highest BCUT2D eigenvalue weighted by atomic mass is 19.1. The topological polar surface area (TPSA) is 102 Å². The minimum atomic E-state index is -0.419. The Morgan fingerprint density at radius 2 is 2.06 bits per heavy atom. The highest BCUT2D eigenvalue weighted by molar-refractivity contribution is 5.84. The van der Waals surface area contributed by atoms with E-state index in [1.807, 2.05) is 24.4 Å². The van der Waals surface area contributed by atoms with Gasteiger partial charge in [0.05, 0.1) is 12.7 Å². The monoisotopic (exact) mass is 430 g/mol. The van der Waals surface area contributed by atoms with Gasteiger partial charge >= 0.3 is 0 Å². The highest BCUT2D eigenvalue weighted by Crippen LogP contribution is 2.28. The molecule has 3 heterocycles. The number of rotatable bonds is 7. The van der Waals surface area contributed by atoms with Crippen molar-refractivity contribution in [1.29, 1.82) is 0 Å². The molecule has 5 aromatic rings. The Morgan fingerprint density at radius 3 is 2.94 bits per heavy atom. The summed E-state index contributed by atoms with van der Waals surface area (Å²) in [5, 5.41) is 8.33. The van der Waals surface area contributed by atoms with Gasteiger partial charge in [0.1, 0.15) is 29.3 Å². The predicted octanol–water partition coefficient (Wildman–Crippen LogP) is 4.48. The maximum Gasteiger partial charge on any atom is 0.263 e. The average Bonchev–Trinajstić information content (AvgIpc) is 3.47. The Labute approximate surface area is 182 Å². The normalized spacial score (nSPS) is 11.1. The molecule has 0 atom stereocenters. The third kappa shape index (κ3) is 3.76. The number of aromatic nitrogens is 5. The second kappa shape index (κ2) is 8.46. The zero-order valence-electron chi connectivity index (χ0n) is 17.2. The fourth-order valence-corrected chi connectivity index (χ4v) is 3.52. The van der Waals surface area contributed by atoms with Crippen molar-refractivity contribution in [2.45, 2.75) is 6.42 Å². The van der Waals surface area contributed by atoms with E-state index in [0.717, 1.165) is 28.6 Å². The van der Waals surface area contributed by atoms with Crippen LogP contribution in [0.5, 0.6) is 5.75 Å². The van der Waals surface area contributed by atoms with Crippen molar-refractivity contribution >= 4 is 16.7 Å². The molecule has 32 heavy (non-hydrogen) atoms. The molecule has 0 aliphatic heterocycles. The quantitative estimate of drug-likeness (QED) is 0.393. The van der Waals surface area contributed by atoms with E-state index in [2.05, 4.69) is 30.4 Å². The molecule has 9 heteroatoms. The maximum atomic E-state index is 14.1. The van der Waals surface area contributed by atoms with Gasteiger partial charge in [0.2, 0.25) is 5.82 Å².